The van der Waals surface area contributed by atoms with Crippen molar-refractivity contribution < 1.29 is 4.79 Å². The van der Waals surface area contributed by atoms with Crippen LogP contribution in [-0.2, 0) is 13.5 Å². The summed E-state index contributed by atoms with van der Waals surface area (Å²) in [4.78, 5) is 15.8. The largest absolute Gasteiger partial charge is 0.399 e. The van der Waals surface area contributed by atoms with Crippen LogP contribution in [0.25, 0.3) is 0 Å². The van der Waals surface area contributed by atoms with Crippen molar-refractivity contribution in [3.8, 4) is 0 Å². The number of rotatable bonds is 4. The number of urea groups is 1. The summed E-state index contributed by atoms with van der Waals surface area (Å²) in [5.74, 6) is 0.938. The maximum absolute atomic E-state index is 11.6. The molecule has 0 bridgehead atoms. The molecule has 0 atom stereocenters. The number of anilines is 2. The van der Waals surface area contributed by atoms with Crippen LogP contribution in [0.15, 0.2) is 36.7 Å². The van der Waals surface area contributed by atoms with Gasteiger partial charge in [0.25, 0.3) is 0 Å². The second-order valence-electron chi connectivity index (χ2n) is 4.21. The predicted molar refractivity (Wildman–Crippen MR) is 74.8 cm³/mol. The van der Waals surface area contributed by atoms with Gasteiger partial charge in [0.1, 0.15) is 5.82 Å². The summed E-state index contributed by atoms with van der Waals surface area (Å²) in [6.45, 7) is 0.533. The van der Waals surface area contributed by atoms with E-state index >= 15 is 0 Å². The van der Waals surface area contributed by atoms with Crippen LogP contribution in [0.2, 0.25) is 0 Å². The maximum Gasteiger partial charge on any atom is 0.319 e. The van der Waals surface area contributed by atoms with Crippen molar-refractivity contribution in [2.75, 3.05) is 17.6 Å². The van der Waals surface area contributed by atoms with Crippen molar-refractivity contribution in [3.05, 3.63) is 42.5 Å². The first kappa shape index (κ1) is 12.9. The monoisotopic (exact) mass is 259 g/mol. The van der Waals surface area contributed by atoms with Crippen molar-refractivity contribution in [1.82, 2.24) is 14.9 Å². The Morgan fingerprint density at radius 1 is 1.37 bits per heavy atom. The smallest absolute Gasteiger partial charge is 0.319 e. The summed E-state index contributed by atoms with van der Waals surface area (Å²) in [6.07, 6.45) is 4.31. The Kier molecular flexibility index (Phi) is 4.02. The van der Waals surface area contributed by atoms with Crippen LogP contribution in [0.1, 0.15) is 5.82 Å². The highest BCUT2D eigenvalue weighted by Crippen LogP contribution is 2.09. The normalized spacial score (nSPS) is 10.2. The number of hydrogen-bond acceptors (Lipinski definition) is 3. The number of benzene rings is 1. The van der Waals surface area contributed by atoms with E-state index in [1.807, 2.05) is 17.8 Å². The maximum atomic E-state index is 11.6. The van der Waals surface area contributed by atoms with Crippen LogP contribution in [-0.4, -0.2) is 22.1 Å². The van der Waals surface area contributed by atoms with Gasteiger partial charge in [0.15, 0.2) is 0 Å². The van der Waals surface area contributed by atoms with Crippen molar-refractivity contribution >= 4 is 17.4 Å². The second kappa shape index (κ2) is 5.90. The molecule has 0 saturated heterocycles. The van der Waals surface area contributed by atoms with Crippen LogP contribution < -0.4 is 16.4 Å². The molecule has 0 saturated carbocycles. The first-order valence-corrected chi connectivity index (χ1v) is 6.02. The number of amides is 2. The van der Waals surface area contributed by atoms with Crippen molar-refractivity contribution in [2.24, 2.45) is 7.05 Å². The Morgan fingerprint density at radius 3 is 2.74 bits per heavy atom. The quantitative estimate of drug-likeness (QED) is 0.725. The van der Waals surface area contributed by atoms with Gasteiger partial charge in [-0.3, -0.25) is 0 Å². The van der Waals surface area contributed by atoms with Crippen LogP contribution in [0.3, 0.4) is 0 Å². The van der Waals surface area contributed by atoms with Crippen molar-refractivity contribution in [2.45, 2.75) is 6.42 Å². The Hall–Kier alpha value is -2.50. The van der Waals surface area contributed by atoms with E-state index in [2.05, 4.69) is 15.6 Å². The summed E-state index contributed by atoms with van der Waals surface area (Å²) in [7, 11) is 1.93. The van der Waals surface area contributed by atoms with Crippen LogP contribution >= 0.6 is 0 Å². The fourth-order valence-corrected chi connectivity index (χ4v) is 1.67. The average molecular weight is 259 g/mol. The van der Waals surface area contributed by atoms with Gasteiger partial charge in [-0.05, 0) is 24.3 Å². The number of aryl methyl sites for hydroxylation is 1. The second-order valence-corrected chi connectivity index (χ2v) is 4.21. The van der Waals surface area contributed by atoms with E-state index in [0.29, 0.717) is 24.3 Å². The van der Waals surface area contributed by atoms with Gasteiger partial charge in [0.2, 0.25) is 0 Å². The number of carbonyl (C=O) groups is 1. The lowest BCUT2D eigenvalue weighted by Crippen LogP contribution is -2.30. The Bertz CT molecular complexity index is 546. The molecule has 1 aromatic carbocycles. The zero-order valence-corrected chi connectivity index (χ0v) is 10.8. The topological polar surface area (TPSA) is 85.0 Å². The molecule has 4 N–H and O–H groups in total. The van der Waals surface area contributed by atoms with Crippen molar-refractivity contribution in [1.29, 1.82) is 0 Å². The molecule has 0 unspecified atom stereocenters. The number of nitrogens with one attached hydrogen (secondary N) is 2. The summed E-state index contributed by atoms with van der Waals surface area (Å²) in [5.41, 5.74) is 6.95. The minimum atomic E-state index is -0.237. The standard InChI is InChI=1S/C13H17N5O/c1-18-9-8-15-12(18)6-7-16-13(19)17-11-4-2-10(14)3-5-11/h2-5,8-9H,6-7,14H2,1H3,(H2,16,17,19). The molecular weight excluding hydrogens is 242 g/mol. The highest BCUT2D eigenvalue weighted by atomic mass is 16.2. The van der Waals surface area contributed by atoms with E-state index in [4.69, 9.17) is 5.73 Å². The first-order chi connectivity index (χ1) is 9.15. The van der Waals surface area contributed by atoms with Gasteiger partial charge in [-0.2, -0.15) is 0 Å². The number of carbonyl (C=O) groups excluding carboxylic acids is 1. The number of hydrogen-bond donors (Lipinski definition) is 3. The average Bonchev–Trinajstić information content (AvgIpc) is 2.78. The van der Waals surface area contributed by atoms with E-state index in [1.165, 1.54) is 0 Å². The lowest BCUT2D eigenvalue weighted by molar-refractivity contribution is 0.252. The van der Waals surface area contributed by atoms with Crippen LogP contribution in [0.5, 0.6) is 0 Å². The fraction of sp³-hybridized carbons (Fsp3) is 0.231. The number of aromatic nitrogens is 2. The van der Waals surface area contributed by atoms with Crippen molar-refractivity contribution in [3.63, 3.8) is 0 Å². The summed E-state index contributed by atoms with van der Waals surface area (Å²) >= 11 is 0. The molecule has 2 rings (SSSR count). The molecule has 2 aromatic rings. The molecule has 19 heavy (non-hydrogen) atoms. The molecule has 0 aliphatic carbocycles. The first-order valence-electron chi connectivity index (χ1n) is 6.02. The minimum absolute atomic E-state index is 0.237. The minimum Gasteiger partial charge on any atom is -0.399 e. The number of nitrogen functional groups attached to an aromatic ring is 1. The predicted octanol–water partition coefficient (Wildman–Crippen LogP) is 1.37. The molecule has 0 aliphatic rings. The lowest BCUT2D eigenvalue weighted by atomic mass is 10.3. The van der Waals surface area contributed by atoms with E-state index in [9.17, 15) is 4.79 Å². The fourth-order valence-electron chi connectivity index (χ4n) is 1.67. The third-order valence-corrected chi connectivity index (χ3v) is 2.72. The van der Waals surface area contributed by atoms with Gasteiger partial charge in [-0.1, -0.05) is 0 Å². The molecule has 0 aliphatic heterocycles. The van der Waals surface area contributed by atoms with Gasteiger partial charge >= 0.3 is 6.03 Å². The molecule has 0 radical (unpaired) electrons. The number of nitrogens with zero attached hydrogens (tertiary/aromatic N) is 2. The van der Waals surface area contributed by atoms with Gasteiger partial charge in [0.05, 0.1) is 0 Å². The summed E-state index contributed by atoms with van der Waals surface area (Å²) in [5, 5.41) is 5.51. The highest BCUT2D eigenvalue weighted by molar-refractivity contribution is 5.89. The van der Waals surface area contributed by atoms with Gasteiger partial charge in [-0.15, -0.1) is 0 Å². The van der Waals surface area contributed by atoms with Crippen LogP contribution in [0.4, 0.5) is 16.2 Å². The Labute approximate surface area is 111 Å². The van der Waals surface area contributed by atoms with Gasteiger partial charge in [-0.25, -0.2) is 9.78 Å². The van der Waals surface area contributed by atoms with Crippen LogP contribution in [0, 0.1) is 0 Å². The number of nitrogens with two attached hydrogens (primary N) is 1. The van der Waals surface area contributed by atoms with E-state index < -0.39 is 0 Å². The van der Waals surface area contributed by atoms with E-state index in [-0.39, 0.29) is 6.03 Å². The number of imidazole rings is 1. The zero-order valence-electron chi connectivity index (χ0n) is 10.8. The van der Waals surface area contributed by atoms with Gasteiger partial charge < -0.3 is 20.9 Å². The Balaban J connectivity index is 1.76. The Morgan fingerprint density at radius 2 is 2.11 bits per heavy atom. The highest BCUT2D eigenvalue weighted by Gasteiger charge is 2.03. The third-order valence-electron chi connectivity index (χ3n) is 2.72. The van der Waals surface area contributed by atoms with E-state index in [1.54, 1.807) is 30.5 Å². The van der Waals surface area contributed by atoms with E-state index in [0.717, 1.165) is 5.82 Å². The third kappa shape index (κ3) is 3.74. The molecule has 1 aromatic heterocycles. The molecular formula is C13H17N5O. The molecule has 1 heterocycles. The molecule has 6 nitrogen and oxygen atoms in total. The molecule has 0 fully saturated rings. The van der Waals surface area contributed by atoms with Gasteiger partial charge in [0, 0.05) is 43.8 Å². The summed E-state index contributed by atoms with van der Waals surface area (Å²) in [6, 6.07) is 6.76. The SMILES string of the molecule is Cn1ccnc1CCNC(=O)Nc1ccc(N)cc1. The zero-order chi connectivity index (χ0) is 13.7. The molecule has 0 spiro atoms. The molecule has 6 heteroatoms. The molecule has 100 valence electrons. The molecule has 2 amide bonds. The lowest BCUT2D eigenvalue weighted by Gasteiger charge is -2.07. The summed E-state index contributed by atoms with van der Waals surface area (Å²) < 4.78 is 1.93.